The Balaban J connectivity index is 0.00000900. The largest absolute Gasteiger partial charge is 0.492 e. The summed E-state index contributed by atoms with van der Waals surface area (Å²) in [4.78, 5) is 13.1. The van der Waals surface area contributed by atoms with Crippen LogP contribution in [0.5, 0.6) is 5.75 Å². The quantitative estimate of drug-likeness (QED) is 0.229. The van der Waals surface area contributed by atoms with Gasteiger partial charge in [0.1, 0.15) is 12.4 Å². The third kappa shape index (κ3) is 15.0. The smallest absolute Gasteiger partial charge is 0.303 e. The Labute approximate surface area is 196 Å². The third-order valence-corrected chi connectivity index (χ3v) is 5.58. The average molecular weight is 454 g/mol. The lowest BCUT2D eigenvalue weighted by molar-refractivity contribution is -0.136. The van der Waals surface area contributed by atoms with Crippen LogP contribution in [0.15, 0.2) is 24.8 Å². The molecule has 0 unspecified atom stereocenters. The van der Waals surface area contributed by atoms with Gasteiger partial charge in [-0.3, -0.25) is 4.79 Å². The Hall–Kier alpha value is -1.52. The van der Waals surface area contributed by atoms with Crippen LogP contribution in [0.3, 0.4) is 0 Å². The van der Waals surface area contributed by atoms with E-state index in [1.165, 1.54) is 64.2 Å². The second kappa shape index (κ2) is 19.2. The van der Waals surface area contributed by atoms with E-state index in [4.69, 9.17) is 9.84 Å². The van der Waals surface area contributed by atoms with Gasteiger partial charge in [-0.25, -0.2) is 0 Å². The molecule has 0 saturated heterocycles. The van der Waals surface area contributed by atoms with E-state index in [0.717, 1.165) is 30.0 Å². The standard InChI is InChI=1S/C26H43NO3.ClH/c1-4-6-7-8-9-10-11-12-13-14-19-27(3)20-21-30-25-17-15-24(16-18-26(28)29)23(5-2)22-25;/h5,15,17,22H,2,4,6-14,16,18-21H2,1,3H3,(H,28,29);1H. The first-order chi connectivity index (χ1) is 14.6. The van der Waals surface area contributed by atoms with E-state index in [2.05, 4.69) is 25.5 Å². The predicted octanol–water partition coefficient (Wildman–Crippen LogP) is 7.00. The number of halogens is 1. The van der Waals surface area contributed by atoms with Gasteiger partial charge in [-0.15, -0.1) is 12.4 Å². The molecule has 0 aliphatic heterocycles. The summed E-state index contributed by atoms with van der Waals surface area (Å²) in [6.07, 6.45) is 16.1. The van der Waals surface area contributed by atoms with Crippen molar-refractivity contribution in [2.24, 2.45) is 0 Å². The molecule has 178 valence electrons. The number of rotatable bonds is 19. The maximum absolute atomic E-state index is 10.8. The molecule has 0 atom stereocenters. The zero-order valence-corrected chi connectivity index (χ0v) is 20.6. The highest BCUT2D eigenvalue weighted by atomic mass is 35.5. The Morgan fingerprint density at radius 3 is 2.23 bits per heavy atom. The molecule has 0 radical (unpaired) electrons. The highest BCUT2D eigenvalue weighted by Gasteiger charge is 2.06. The number of nitrogens with zero attached hydrogens (tertiary/aromatic N) is 1. The Kier molecular flexibility index (Phi) is 18.2. The zero-order valence-electron chi connectivity index (χ0n) is 19.7. The number of unbranched alkanes of at least 4 members (excludes halogenated alkanes) is 9. The summed E-state index contributed by atoms with van der Waals surface area (Å²) in [7, 11) is 2.15. The van der Waals surface area contributed by atoms with Gasteiger partial charge in [-0.05, 0) is 49.7 Å². The SMILES string of the molecule is C=Cc1cc(OCCN(C)CCCCCCCCCCCC)ccc1CCC(=O)O.Cl. The molecule has 0 bridgehead atoms. The van der Waals surface area contributed by atoms with Gasteiger partial charge in [-0.1, -0.05) is 83.4 Å². The summed E-state index contributed by atoms with van der Waals surface area (Å²) in [5, 5.41) is 8.86. The van der Waals surface area contributed by atoms with Crippen LogP contribution in [0, 0.1) is 0 Å². The molecule has 5 heteroatoms. The summed E-state index contributed by atoms with van der Waals surface area (Å²) < 4.78 is 5.89. The highest BCUT2D eigenvalue weighted by molar-refractivity contribution is 5.85. The van der Waals surface area contributed by atoms with Gasteiger partial charge in [0, 0.05) is 13.0 Å². The van der Waals surface area contributed by atoms with Gasteiger partial charge < -0.3 is 14.7 Å². The number of carboxylic acid groups (broad SMARTS) is 1. The van der Waals surface area contributed by atoms with Gasteiger partial charge >= 0.3 is 5.97 Å². The lowest BCUT2D eigenvalue weighted by Crippen LogP contribution is -2.25. The van der Waals surface area contributed by atoms with Crippen molar-refractivity contribution in [1.29, 1.82) is 0 Å². The van der Waals surface area contributed by atoms with Crippen LogP contribution in [0.25, 0.3) is 6.08 Å². The molecule has 0 aromatic heterocycles. The molecule has 0 saturated carbocycles. The lowest BCUT2D eigenvalue weighted by Gasteiger charge is -2.17. The molecule has 0 aliphatic carbocycles. The highest BCUT2D eigenvalue weighted by Crippen LogP contribution is 2.20. The Bertz CT molecular complexity index is 606. The molecule has 4 nitrogen and oxygen atoms in total. The number of likely N-dealkylation sites (N-methyl/N-ethyl adjacent to an activating group) is 1. The summed E-state index contributed by atoms with van der Waals surface area (Å²) >= 11 is 0. The number of carbonyl (C=O) groups is 1. The molecule has 31 heavy (non-hydrogen) atoms. The molecular weight excluding hydrogens is 410 g/mol. The normalized spacial score (nSPS) is 10.7. The van der Waals surface area contributed by atoms with E-state index in [9.17, 15) is 4.79 Å². The van der Waals surface area contributed by atoms with E-state index in [0.29, 0.717) is 13.0 Å². The molecule has 1 aromatic carbocycles. The van der Waals surface area contributed by atoms with E-state index >= 15 is 0 Å². The summed E-state index contributed by atoms with van der Waals surface area (Å²) in [5.74, 6) is 0.0343. The molecule has 1 aromatic rings. The van der Waals surface area contributed by atoms with Crippen LogP contribution in [0.1, 0.15) is 88.7 Å². The number of aliphatic carboxylic acids is 1. The third-order valence-electron chi connectivity index (χ3n) is 5.58. The molecular formula is C26H44ClNO3. The van der Waals surface area contributed by atoms with E-state index in [1.807, 2.05) is 18.2 Å². The predicted molar refractivity (Wildman–Crippen MR) is 135 cm³/mol. The first-order valence-corrected chi connectivity index (χ1v) is 11.8. The Morgan fingerprint density at radius 1 is 1.03 bits per heavy atom. The first-order valence-electron chi connectivity index (χ1n) is 11.8. The average Bonchev–Trinajstić information content (AvgIpc) is 2.73. The van der Waals surface area contributed by atoms with Crippen molar-refractivity contribution in [3.63, 3.8) is 0 Å². The van der Waals surface area contributed by atoms with Crippen molar-refractivity contribution in [2.45, 2.75) is 84.0 Å². The second-order valence-corrected chi connectivity index (χ2v) is 8.29. The monoisotopic (exact) mass is 453 g/mol. The van der Waals surface area contributed by atoms with Gasteiger partial charge in [0.05, 0.1) is 0 Å². The maximum atomic E-state index is 10.8. The number of hydrogen-bond acceptors (Lipinski definition) is 3. The van der Waals surface area contributed by atoms with Crippen LogP contribution < -0.4 is 4.74 Å². The van der Waals surface area contributed by atoms with Gasteiger partial charge in [0.2, 0.25) is 0 Å². The maximum Gasteiger partial charge on any atom is 0.303 e. The van der Waals surface area contributed by atoms with Crippen molar-refractivity contribution in [2.75, 3.05) is 26.7 Å². The van der Waals surface area contributed by atoms with Crippen LogP contribution in [0.4, 0.5) is 0 Å². The molecule has 0 amide bonds. The minimum atomic E-state index is -0.782. The zero-order chi connectivity index (χ0) is 22.0. The number of carboxylic acids is 1. The number of hydrogen-bond donors (Lipinski definition) is 1. The number of aryl methyl sites for hydroxylation is 1. The van der Waals surface area contributed by atoms with Gasteiger partial charge in [-0.2, -0.15) is 0 Å². The summed E-state index contributed by atoms with van der Waals surface area (Å²) in [6.45, 7) is 8.78. The van der Waals surface area contributed by atoms with Gasteiger partial charge in [0.25, 0.3) is 0 Å². The first kappa shape index (κ1) is 29.5. The van der Waals surface area contributed by atoms with E-state index in [1.54, 1.807) is 6.08 Å². The van der Waals surface area contributed by atoms with Gasteiger partial charge in [0.15, 0.2) is 0 Å². The lowest BCUT2D eigenvalue weighted by atomic mass is 10.0. The molecule has 1 rings (SSSR count). The second-order valence-electron chi connectivity index (χ2n) is 8.29. The van der Waals surface area contributed by atoms with Crippen LogP contribution in [-0.2, 0) is 11.2 Å². The molecule has 0 spiro atoms. The summed E-state index contributed by atoms with van der Waals surface area (Å²) in [5.41, 5.74) is 1.95. The molecule has 1 N–H and O–H groups in total. The minimum absolute atomic E-state index is 0. The van der Waals surface area contributed by atoms with E-state index < -0.39 is 5.97 Å². The topological polar surface area (TPSA) is 49.8 Å². The fourth-order valence-corrected chi connectivity index (χ4v) is 3.62. The fourth-order valence-electron chi connectivity index (χ4n) is 3.62. The molecule has 0 aliphatic rings. The number of ether oxygens (including phenoxy) is 1. The summed E-state index contributed by atoms with van der Waals surface area (Å²) in [6, 6.07) is 5.82. The van der Waals surface area contributed by atoms with E-state index in [-0.39, 0.29) is 18.8 Å². The van der Waals surface area contributed by atoms with Crippen LogP contribution >= 0.6 is 12.4 Å². The molecule has 0 fully saturated rings. The van der Waals surface area contributed by atoms with Crippen molar-refractivity contribution in [1.82, 2.24) is 4.90 Å². The van der Waals surface area contributed by atoms with Crippen LogP contribution in [0.2, 0.25) is 0 Å². The van der Waals surface area contributed by atoms with Crippen molar-refractivity contribution in [3.05, 3.63) is 35.9 Å². The van der Waals surface area contributed by atoms with Crippen LogP contribution in [-0.4, -0.2) is 42.7 Å². The number of benzene rings is 1. The fraction of sp³-hybridized carbons (Fsp3) is 0.654. The van der Waals surface area contributed by atoms with Crippen molar-refractivity contribution in [3.8, 4) is 5.75 Å². The van der Waals surface area contributed by atoms with Crippen molar-refractivity contribution < 1.29 is 14.6 Å². The van der Waals surface area contributed by atoms with Crippen molar-refractivity contribution >= 4 is 24.5 Å². The molecule has 0 heterocycles. The Morgan fingerprint density at radius 2 is 1.65 bits per heavy atom. The minimum Gasteiger partial charge on any atom is -0.492 e.